The highest BCUT2D eigenvalue weighted by atomic mass is 16.6. The van der Waals surface area contributed by atoms with Crippen molar-refractivity contribution in [3.8, 4) is 0 Å². The molecule has 1 aliphatic rings. The van der Waals surface area contributed by atoms with Crippen LogP contribution in [0.15, 0.2) is 24.3 Å². The number of carboxylic acids is 1. The molecule has 3 N–H and O–H groups in total. The molecule has 1 aromatic carbocycles. The lowest BCUT2D eigenvalue weighted by molar-refractivity contribution is -0.384. The van der Waals surface area contributed by atoms with Crippen molar-refractivity contribution in [2.75, 3.05) is 5.43 Å². The van der Waals surface area contributed by atoms with Crippen molar-refractivity contribution in [2.45, 2.75) is 38.5 Å². The molecule has 1 amide bonds. The number of aliphatic carboxylic acids is 1. The number of nitrogens with zero attached hydrogens (tertiary/aromatic N) is 1. The van der Waals surface area contributed by atoms with Gasteiger partial charge in [-0.3, -0.25) is 30.6 Å². The second-order valence-electron chi connectivity index (χ2n) is 5.93. The second-order valence-corrected chi connectivity index (χ2v) is 5.93. The number of non-ortho nitro benzene ring substituents is 1. The number of hydrogen-bond donors (Lipinski definition) is 3. The number of amides is 1. The third-order valence-corrected chi connectivity index (χ3v) is 4.15. The molecule has 0 spiro atoms. The maximum atomic E-state index is 12.1. The molecular weight excluding hydrogens is 302 g/mol. The highest BCUT2D eigenvalue weighted by Crippen LogP contribution is 2.43. The van der Waals surface area contributed by atoms with Crippen LogP contribution < -0.4 is 10.9 Å². The Morgan fingerprint density at radius 2 is 1.78 bits per heavy atom. The Bertz CT molecular complexity index is 594. The summed E-state index contributed by atoms with van der Waals surface area (Å²) >= 11 is 0. The van der Waals surface area contributed by atoms with Gasteiger partial charge in [0.25, 0.3) is 5.69 Å². The van der Waals surface area contributed by atoms with E-state index in [9.17, 15) is 19.7 Å². The molecule has 23 heavy (non-hydrogen) atoms. The van der Waals surface area contributed by atoms with E-state index in [0.29, 0.717) is 5.69 Å². The standard InChI is InChI=1S/C15H19N3O5/c19-13(9-15(10-14(20)21)7-1-2-8-15)17-16-11-3-5-12(6-4-11)18(22)23/h3-6,16H,1-2,7-10H2,(H,17,19)(H,20,21). The maximum Gasteiger partial charge on any atom is 0.303 e. The van der Waals surface area contributed by atoms with Crippen LogP contribution in [0.4, 0.5) is 11.4 Å². The molecule has 2 rings (SSSR count). The fourth-order valence-electron chi connectivity index (χ4n) is 3.05. The van der Waals surface area contributed by atoms with E-state index < -0.39 is 16.3 Å². The van der Waals surface area contributed by atoms with Gasteiger partial charge in [0.2, 0.25) is 5.91 Å². The molecule has 0 unspecified atom stereocenters. The van der Waals surface area contributed by atoms with Crippen LogP contribution in [0, 0.1) is 15.5 Å². The van der Waals surface area contributed by atoms with Crippen LogP contribution in [0.2, 0.25) is 0 Å². The Kier molecular flexibility index (Phi) is 5.15. The number of hydrazine groups is 1. The zero-order valence-electron chi connectivity index (χ0n) is 12.6. The molecule has 8 heteroatoms. The average Bonchev–Trinajstić information content (AvgIpc) is 2.92. The van der Waals surface area contributed by atoms with Crippen molar-refractivity contribution in [3.63, 3.8) is 0 Å². The Morgan fingerprint density at radius 1 is 1.17 bits per heavy atom. The first kappa shape index (κ1) is 16.7. The smallest absolute Gasteiger partial charge is 0.303 e. The quantitative estimate of drug-likeness (QED) is 0.524. The molecule has 0 bridgehead atoms. The molecular formula is C15H19N3O5. The second kappa shape index (κ2) is 7.08. The van der Waals surface area contributed by atoms with Gasteiger partial charge in [0.1, 0.15) is 0 Å². The SMILES string of the molecule is O=C(O)CC1(CC(=O)NNc2ccc([N+](=O)[O-])cc2)CCCC1. The Morgan fingerprint density at radius 3 is 2.30 bits per heavy atom. The Hall–Kier alpha value is -2.64. The monoisotopic (exact) mass is 321 g/mol. The highest BCUT2D eigenvalue weighted by molar-refractivity contribution is 5.79. The summed E-state index contributed by atoms with van der Waals surface area (Å²) in [6.07, 6.45) is 3.51. The van der Waals surface area contributed by atoms with Gasteiger partial charge in [0.15, 0.2) is 0 Å². The summed E-state index contributed by atoms with van der Waals surface area (Å²) in [4.78, 5) is 33.1. The molecule has 0 aromatic heterocycles. The lowest BCUT2D eigenvalue weighted by Gasteiger charge is -2.26. The molecule has 1 aromatic rings. The maximum absolute atomic E-state index is 12.1. The van der Waals surface area contributed by atoms with E-state index in [1.165, 1.54) is 24.3 Å². The van der Waals surface area contributed by atoms with Gasteiger partial charge in [-0.25, -0.2) is 0 Å². The van der Waals surface area contributed by atoms with Gasteiger partial charge < -0.3 is 5.11 Å². The summed E-state index contributed by atoms with van der Waals surface area (Å²) in [5, 5.41) is 19.6. The number of benzene rings is 1. The fourth-order valence-corrected chi connectivity index (χ4v) is 3.05. The Balaban J connectivity index is 1.88. The molecule has 8 nitrogen and oxygen atoms in total. The van der Waals surface area contributed by atoms with Crippen LogP contribution >= 0.6 is 0 Å². The van der Waals surface area contributed by atoms with E-state index in [1.54, 1.807) is 0 Å². The topological polar surface area (TPSA) is 122 Å². The average molecular weight is 321 g/mol. The van der Waals surface area contributed by atoms with Crippen LogP contribution in [-0.4, -0.2) is 21.9 Å². The minimum atomic E-state index is -0.886. The van der Waals surface area contributed by atoms with Gasteiger partial charge in [-0.1, -0.05) is 12.8 Å². The van der Waals surface area contributed by atoms with Gasteiger partial charge in [-0.2, -0.15) is 0 Å². The molecule has 124 valence electrons. The molecule has 0 radical (unpaired) electrons. The van der Waals surface area contributed by atoms with E-state index in [-0.39, 0.29) is 24.4 Å². The third kappa shape index (κ3) is 4.67. The molecule has 0 atom stereocenters. The minimum absolute atomic E-state index is 0.00203. The summed E-state index contributed by atoms with van der Waals surface area (Å²) in [5.41, 5.74) is 5.22. The number of carbonyl (C=O) groups is 2. The first-order valence-electron chi connectivity index (χ1n) is 7.41. The van der Waals surface area contributed by atoms with Crippen LogP contribution in [0.1, 0.15) is 38.5 Å². The highest BCUT2D eigenvalue weighted by Gasteiger charge is 2.37. The number of nitro groups is 1. The van der Waals surface area contributed by atoms with Gasteiger partial charge in [0.05, 0.1) is 17.0 Å². The van der Waals surface area contributed by atoms with Crippen LogP contribution in [0.3, 0.4) is 0 Å². The summed E-state index contributed by atoms with van der Waals surface area (Å²) in [5.74, 6) is -1.17. The van der Waals surface area contributed by atoms with Crippen molar-refractivity contribution >= 4 is 23.3 Å². The zero-order valence-corrected chi connectivity index (χ0v) is 12.6. The van der Waals surface area contributed by atoms with Crippen LogP contribution in [-0.2, 0) is 9.59 Å². The van der Waals surface area contributed by atoms with Crippen molar-refractivity contribution in [1.29, 1.82) is 0 Å². The number of hydrogen-bond acceptors (Lipinski definition) is 5. The van der Waals surface area contributed by atoms with Crippen molar-refractivity contribution in [1.82, 2.24) is 5.43 Å². The largest absolute Gasteiger partial charge is 0.481 e. The van der Waals surface area contributed by atoms with Gasteiger partial charge in [-0.15, -0.1) is 0 Å². The summed E-state index contributed by atoms with van der Waals surface area (Å²) in [7, 11) is 0. The van der Waals surface area contributed by atoms with Crippen molar-refractivity contribution < 1.29 is 19.6 Å². The first-order chi connectivity index (χ1) is 10.9. The van der Waals surface area contributed by atoms with E-state index in [2.05, 4.69) is 10.9 Å². The number of anilines is 1. The van der Waals surface area contributed by atoms with Gasteiger partial charge in [0, 0.05) is 18.6 Å². The third-order valence-electron chi connectivity index (χ3n) is 4.15. The number of nitrogens with one attached hydrogen (secondary N) is 2. The summed E-state index contributed by atoms with van der Waals surface area (Å²) < 4.78 is 0. The number of carboxylic acid groups (broad SMARTS) is 1. The van der Waals surface area contributed by atoms with E-state index in [4.69, 9.17) is 5.11 Å². The lowest BCUT2D eigenvalue weighted by Crippen LogP contribution is -2.35. The van der Waals surface area contributed by atoms with Crippen LogP contribution in [0.25, 0.3) is 0 Å². The predicted molar refractivity (Wildman–Crippen MR) is 82.6 cm³/mol. The van der Waals surface area contributed by atoms with E-state index in [0.717, 1.165) is 25.7 Å². The van der Waals surface area contributed by atoms with Crippen molar-refractivity contribution in [2.24, 2.45) is 5.41 Å². The zero-order chi connectivity index (χ0) is 16.9. The molecule has 0 saturated heterocycles. The fraction of sp³-hybridized carbons (Fsp3) is 0.467. The summed E-state index contributed by atoms with van der Waals surface area (Å²) in [6.45, 7) is 0. The van der Waals surface area contributed by atoms with Crippen LogP contribution in [0.5, 0.6) is 0 Å². The number of rotatable bonds is 7. The minimum Gasteiger partial charge on any atom is -0.481 e. The molecule has 1 aliphatic carbocycles. The Labute approximate surface area is 133 Å². The molecule has 0 aliphatic heterocycles. The molecule has 1 fully saturated rings. The van der Waals surface area contributed by atoms with Gasteiger partial charge >= 0.3 is 5.97 Å². The summed E-state index contributed by atoms with van der Waals surface area (Å²) in [6, 6.07) is 5.64. The lowest BCUT2D eigenvalue weighted by atomic mass is 9.79. The predicted octanol–water partition coefficient (Wildman–Crippen LogP) is 2.46. The number of carbonyl (C=O) groups excluding carboxylic acids is 1. The van der Waals surface area contributed by atoms with E-state index >= 15 is 0 Å². The molecule has 1 saturated carbocycles. The molecule has 0 heterocycles. The van der Waals surface area contributed by atoms with Crippen molar-refractivity contribution in [3.05, 3.63) is 34.4 Å². The van der Waals surface area contributed by atoms with E-state index in [1.807, 2.05) is 0 Å². The van der Waals surface area contributed by atoms with Gasteiger partial charge in [-0.05, 0) is 30.4 Å². The number of nitro benzene ring substituents is 1. The normalized spacial score (nSPS) is 15.8. The first-order valence-corrected chi connectivity index (χ1v) is 7.41.